The van der Waals surface area contributed by atoms with Crippen LogP contribution >= 0.6 is 0 Å². The van der Waals surface area contributed by atoms with Crippen molar-refractivity contribution in [1.29, 1.82) is 0 Å². The summed E-state index contributed by atoms with van der Waals surface area (Å²) in [4.78, 5) is 23.6. The molecule has 0 aliphatic heterocycles. The lowest BCUT2D eigenvalue weighted by Crippen LogP contribution is -2.38. The summed E-state index contributed by atoms with van der Waals surface area (Å²) in [6.07, 6.45) is 0. The van der Waals surface area contributed by atoms with Crippen molar-refractivity contribution in [3.8, 4) is 0 Å². The van der Waals surface area contributed by atoms with Crippen molar-refractivity contribution in [2.45, 2.75) is 13.0 Å². The van der Waals surface area contributed by atoms with Crippen molar-refractivity contribution in [1.82, 2.24) is 5.32 Å². The minimum absolute atomic E-state index is 0.000926. The Hall–Kier alpha value is -2.14. The number of nitrogens with two attached hydrogens (primary N) is 1. The summed E-state index contributed by atoms with van der Waals surface area (Å²) in [5, 5.41) is 3.10. The van der Waals surface area contributed by atoms with Crippen LogP contribution in [0.5, 0.6) is 0 Å². The van der Waals surface area contributed by atoms with Crippen LogP contribution in [0, 0.1) is 0 Å². The van der Waals surface area contributed by atoms with Crippen LogP contribution in [0.25, 0.3) is 11.0 Å². The van der Waals surface area contributed by atoms with E-state index >= 15 is 0 Å². The zero-order valence-electron chi connectivity index (χ0n) is 9.97. The first-order chi connectivity index (χ1) is 8.61. The van der Waals surface area contributed by atoms with Crippen LogP contribution in [0.3, 0.4) is 0 Å². The van der Waals surface area contributed by atoms with E-state index in [2.05, 4.69) is 5.32 Å². The number of hydrogen-bond acceptors (Lipinski definition) is 4. The quantitative estimate of drug-likeness (QED) is 0.841. The number of amides is 1. The highest BCUT2D eigenvalue weighted by Gasteiger charge is 2.13. The SMILES string of the molecule is CC(CN)NC(=O)c1cc(=O)c2ccccc2o1. The highest BCUT2D eigenvalue weighted by atomic mass is 16.3. The molecule has 1 heterocycles. The van der Waals surface area contributed by atoms with Crippen molar-refractivity contribution in [3.05, 3.63) is 46.3 Å². The number of fused-ring (bicyclic) bond motifs is 1. The minimum atomic E-state index is -0.434. The molecule has 0 aliphatic carbocycles. The molecule has 5 nitrogen and oxygen atoms in total. The Morgan fingerprint density at radius 2 is 2.17 bits per heavy atom. The number of para-hydroxylation sites is 1. The zero-order chi connectivity index (χ0) is 13.1. The number of hydrogen-bond donors (Lipinski definition) is 2. The maximum absolute atomic E-state index is 11.8. The molecule has 0 spiro atoms. The van der Waals surface area contributed by atoms with E-state index in [1.54, 1.807) is 31.2 Å². The van der Waals surface area contributed by atoms with Crippen LogP contribution in [-0.2, 0) is 0 Å². The van der Waals surface area contributed by atoms with Crippen LogP contribution in [0.1, 0.15) is 17.5 Å². The molecule has 0 saturated heterocycles. The molecule has 2 aromatic rings. The Morgan fingerprint density at radius 1 is 1.44 bits per heavy atom. The van der Waals surface area contributed by atoms with Gasteiger partial charge in [0, 0.05) is 18.7 Å². The van der Waals surface area contributed by atoms with Gasteiger partial charge < -0.3 is 15.5 Å². The molecule has 1 aromatic heterocycles. The highest BCUT2D eigenvalue weighted by Crippen LogP contribution is 2.11. The maximum Gasteiger partial charge on any atom is 0.287 e. The van der Waals surface area contributed by atoms with E-state index in [-0.39, 0.29) is 17.2 Å². The molecule has 0 radical (unpaired) electrons. The van der Waals surface area contributed by atoms with Crippen LogP contribution in [-0.4, -0.2) is 18.5 Å². The van der Waals surface area contributed by atoms with Gasteiger partial charge in [0.15, 0.2) is 11.2 Å². The van der Waals surface area contributed by atoms with Gasteiger partial charge in [0.1, 0.15) is 5.58 Å². The van der Waals surface area contributed by atoms with Gasteiger partial charge in [-0.15, -0.1) is 0 Å². The predicted octanol–water partition coefficient (Wildman–Crippen LogP) is 0.870. The number of carbonyl (C=O) groups excluding carboxylic acids is 1. The molecule has 1 aromatic carbocycles. The Labute approximate surface area is 104 Å². The standard InChI is InChI=1S/C13H14N2O3/c1-8(7-14)15-13(17)12-6-10(16)9-4-2-3-5-11(9)18-12/h2-6,8H,7,14H2,1H3,(H,15,17). The summed E-state index contributed by atoms with van der Waals surface area (Å²) in [5.41, 5.74) is 5.58. The lowest BCUT2D eigenvalue weighted by Gasteiger charge is -2.10. The average molecular weight is 246 g/mol. The van der Waals surface area contributed by atoms with Crippen molar-refractivity contribution >= 4 is 16.9 Å². The van der Waals surface area contributed by atoms with E-state index in [1.807, 2.05) is 0 Å². The molecule has 0 aliphatic rings. The summed E-state index contributed by atoms with van der Waals surface area (Å²) in [6.45, 7) is 2.10. The summed E-state index contributed by atoms with van der Waals surface area (Å²) in [5.74, 6) is -0.435. The molecule has 3 N–H and O–H groups in total. The lowest BCUT2D eigenvalue weighted by molar-refractivity contribution is 0.0914. The largest absolute Gasteiger partial charge is 0.451 e. The number of nitrogens with one attached hydrogen (secondary N) is 1. The number of benzene rings is 1. The summed E-state index contributed by atoms with van der Waals surface area (Å²) in [7, 11) is 0. The summed E-state index contributed by atoms with van der Waals surface area (Å²) in [6, 6.07) is 7.83. The third-order valence-electron chi connectivity index (χ3n) is 2.59. The fourth-order valence-electron chi connectivity index (χ4n) is 1.57. The molecule has 0 bridgehead atoms. The van der Waals surface area contributed by atoms with E-state index in [0.717, 1.165) is 0 Å². The molecular formula is C13H14N2O3. The predicted molar refractivity (Wildman–Crippen MR) is 68.5 cm³/mol. The normalized spacial score (nSPS) is 12.3. The van der Waals surface area contributed by atoms with Gasteiger partial charge in [-0.3, -0.25) is 9.59 Å². The molecule has 0 fully saturated rings. The van der Waals surface area contributed by atoms with Crippen molar-refractivity contribution < 1.29 is 9.21 Å². The molecule has 94 valence electrons. The van der Waals surface area contributed by atoms with Crippen molar-refractivity contribution in [3.63, 3.8) is 0 Å². The lowest BCUT2D eigenvalue weighted by atomic mass is 10.2. The van der Waals surface area contributed by atoms with Crippen molar-refractivity contribution in [2.75, 3.05) is 6.54 Å². The second-order valence-corrected chi connectivity index (χ2v) is 4.08. The van der Waals surface area contributed by atoms with Gasteiger partial charge >= 0.3 is 0 Å². The average Bonchev–Trinajstić information content (AvgIpc) is 2.38. The second-order valence-electron chi connectivity index (χ2n) is 4.08. The van der Waals surface area contributed by atoms with E-state index in [0.29, 0.717) is 17.5 Å². The first-order valence-electron chi connectivity index (χ1n) is 5.65. The van der Waals surface area contributed by atoms with Crippen LogP contribution in [0.4, 0.5) is 0 Å². The third kappa shape index (κ3) is 2.41. The minimum Gasteiger partial charge on any atom is -0.451 e. The van der Waals surface area contributed by atoms with Gasteiger partial charge in [0.25, 0.3) is 5.91 Å². The fraction of sp³-hybridized carbons (Fsp3) is 0.231. The van der Waals surface area contributed by atoms with E-state index in [4.69, 9.17) is 10.2 Å². The first kappa shape index (κ1) is 12.3. The Bertz CT molecular complexity index is 633. The van der Waals surface area contributed by atoms with E-state index < -0.39 is 5.91 Å². The van der Waals surface area contributed by atoms with Crippen LogP contribution in [0.2, 0.25) is 0 Å². The van der Waals surface area contributed by atoms with Crippen LogP contribution in [0.15, 0.2) is 39.5 Å². The van der Waals surface area contributed by atoms with Gasteiger partial charge in [-0.05, 0) is 19.1 Å². The topological polar surface area (TPSA) is 85.3 Å². The molecule has 0 saturated carbocycles. The van der Waals surface area contributed by atoms with Gasteiger partial charge in [0.05, 0.1) is 5.39 Å². The fourth-order valence-corrected chi connectivity index (χ4v) is 1.57. The Kier molecular flexibility index (Phi) is 3.43. The van der Waals surface area contributed by atoms with Gasteiger partial charge in [-0.1, -0.05) is 12.1 Å². The molecule has 5 heteroatoms. The monoisotopic (exact) mass is 246 g/mol. The molecule has 1 atom stereocenters. The molecule has 18 heavy (non-hydrogen) atoms. The zero-order valence-corrected chi connectivity index (χ0v) is 9.97. The second kappa shape index (κ2) is 5.01. The van der Waals surface area contributed by atoms with E-state index in [9.17, 15) is 9.59 Å². The van der Waals surface area contributed by atoms with Gasteiger partial charge in [0.2, 0.25) is 0 Å². The van der Waals surface area contributed by atoms with Gasteiger partial charge in [-0.2, -0.15) is 0 Å². The van der Waals surface area contributed by atoms with Crippen LogP contribution < -0.4 is 16.5 Å². The van der Waals surface area contributed by atoms with Crippen molar-refractivity contribution in [2.24, 2.45) is 5.73 Å². The maximum atomic E-state index is 11.8. The number of carbonyl (C=O) groups is 1. The molecule has 1 unspecified atom stereocenters. The summed E-state index contributed by atoms with van der Waals surface area (Å²) >= 11 is 0. The Morgan fingerprint density at radius 3 is 2.89 bits per heavy atom. The summed E-state index contributed by atoms with van der Waals surface area (Å²) < 4.78 is 5.40. The highest BCUT2D eigenvalue weighted by molar-refractivity contribution is 5.93. The molecular weight excluding hydrogens is 232 g/mol. The van der Waals surface area contributed by atoms with Gasteiger partial charge in [-0.25, -0.2) is 0 Å². The number of rotatable bonds is 3. The molecule has 2 rings (SSSR count). The smallest absolute Gasteiger partial charge is 0.287 e. The third-order valence-corrected chi connectivity index (χ3v) is 2.59. The first-order valence-corrected chi connectivity index (χ1v) is 5.65. The molecule has 1 amide bonds. The Balaban J connectivity index is 2.41. The van der Waals surface area contributed by atoms with E-state index in [1.165, 1.54) is 6.07 Å².